The number of anilines is 1. The summed E-state index contributed by atoms with van der Waals surface area (Å²) in [6.07, 6.45) is 6.50. The second kappa shape index (κ2) is 5.19. The van der Waals surface area contributed by atoms with Gasteiger partial charge >= 0.3 is 0 Å². The van der Waals surface area contributed by atoms with E-state index in [2.05, 4.69) is 41.5 Å². The fraction of sp³-hybridized carbons (Fsp3) is 0.562. The zero-order chi connectivity index (χ0) is 14.2. The Labute approximate surface area is 121 Å². The molecule has 108 valence electrons. The molecule has 0 N–H and O–H groups in total. The molecule has 1 saturated heterocycles. The quantitative estimate of drug-likeness (QED) is 0.839. The Morgan fingerprint density at radius 3 is 2.80 bits per heavy atom. The zero-order valence-electron chi connectivity index (χ0n) is 12.4. The number of nitrogens with zero attached hydrogens (tertiary/aromatic N) is 3. The van der Waals surface area contributed by atoms with Gasteiger partial charge < -0.3 is 14.5 Å². The van der Waals surface area contributed by atoms with Crippen LogP contribution >= 0.6 is 0 Å². The summed E-state index contributed by atoms with van der Waals surface area (Å²) in [7, 11) is 4.32. The first-order valence-electron chi connectivity index (χ1n) is 7.28. The Morgan fingerprint density at radius 1 is 1.45 bits per heavy atom. The van der Waals surface area contributed by atoms with Crippen LogP contribution < -0.4 is 4.90 Å². The van der Waals surface area contributed by atoms with Crippen molar-refractivity contribution in [1.29, 1.82) is 0 Å². The number of hydrogen-bond donors (Lipinski definition) is 0. The Bertz CT molecular complexity index is 479. The zero-order valence-corrected chi connectivity index (χ0v) is 12.4. The minimum absolute atomic E-state index is 0.257. The van der Waals surface area contributed by atoms with Gasteiger partial charge in [0.2, 0.25) is 0 Å². The lowest BCUT2D eigenvalue weighted by atomic mass is 10.1. The van der Waals surface area contributed by atoms with Gasteiger partial charge in [-0.25, -0.2) is 0 Å². The molecule has 1 aromatic rings. The molecule has 1 atom stereocenters. The lowest BCUT2D eigenvalue weighted by molar-refractivity contribution is -0.0215. The van der Waals surface area contributed by atoms with Crippen molar-refractivity contribution in [2.45, 2.75) is 24.5 Å². The van der Waals surface area contributed by atoms with Gasteiger partial charge in [0.05, 0.1) is 30.3 Å². The number of likely N-dealkylation sites (N-methyl/N-ethyl adjacent to an activating group) is 1. The average molecular weight is 273 g/mol. The summed E-state index contributed by atoms with van der Waals surface area (Å²) in [5, 5.41) is 0. The number of ether oxygens (including phenoxy) is 1. The monoisotopic (exact) mass is 273 g/mol. The van der Waals surface area contributed by atoms with Gasteiger partial charge in [0.1, 0.15) is 0 Å². The molecule has 0 bridgehead atoms. The lowest BCUT2D eigenvalue weighted by Gasteiger charge is -2.40. The highest BCUT2D eigenvalue weighted by molar-refractivity contribution is 5.50. The topological polar surface area (TPSA) is 28.6 Å². The van der Waals surface area contributed by atoms with Crippen molar-refractivity contribution >= 4 is 11.8 Å². The maximum Gasteiger partial charge on any atom is 0.0933 e. The summed E-state index contributed by atoms with van der Waals surface area (Å²) in [4.78, 5) is 9.12. The van der Waals surface area contributed by atoms with Crippen LogP contribution in [0.5, 0.6) is 0 Å². The molecule has 0 spiro atoms. The molecule has 0 aromatic carbocycles. The van der Waals surface area contributed by atoms with Crippen molar-refractivity contribution in [2.75, 3.05) is 38.7 Å². The summed E-state index contributed by atoms with van der Waals surface area (Å²) >= 11 is 0. The molecule has 2 heterocycles. The van der Waals surface area contributed by atoms with Crippen LogP contribution in [0.3, 0.4) is 0 Å². The standard InChI is InChI=1S/C16H23N3O/c1-4-13-5-6-14(11-17-13)19-9-10-20-15(12-19)16(7-8-16)18(2)3/h4-6,11,15H,1,7-10,12H2,2-3H3. The molecule has 0 amide bonds. The molecule has 2 aliphatic rings. The predicted molar refractivity (Wildman–Crippen MR) is 81.9 cm³/mol. The molecule has 1 aliphatic carbocycles. The van der Waals surface area contributed by atoms with E-state index in [1.807, 2.05) is 12.3 Å². The molecule has 2 fully saturated rings. The first-order chi connectivity index (χ1) is 9.65. The van der Waals surface area contributed by atoms with Gasteiger partial charge in [0.15, 0.2) is 0 Å². The normalized spacial score (nSPS) is 24.8. The molecule has 4 heteroatoms. The van der Waals surface area contributed by atoms with Crippen LogP contribution in [0, 0.1) is 0 Å². The molecule has 1 unspecified atom stereocenters. The summed E-state index contributed by atoms with van der Waals surface area (Å²) in [6, 6.07) is 4.15. The van der Waals surface area contributed by atoms with Gasteiger partial charge in [0, 0.05) is 18.6 Å². The molecule has 20 heavy (non-hydrogen) atoms. The van der Waals surface area contributed by atoms with Gasteiger partial charge in [-0.1, -0.05) is 6.58 Å². The van der Waals surface area contributed by atoms with Crippen LogP contribution in [-0.2, 0) is 4.74 Å². The fourth-order valence-electron chi connectivity index (χ4n) is 3.10. The number of pyridine rings is 1. The predicted octanol–water partition coefficient (Wildman–Crippen LogP) is 2.02. The van der Waals surface area contributed by atoms with Crippen LogP contribution in [0.1, 0.15) is 18.5 Å². The van der Waals surface area contributed by atoms with Crippen LogP contribution in [-0.4, -0.2) is 55.3 Å². The van der Waals surface area contributed by atoms with E-state index in [1.54, 1.807) is 6.08 Å². The molecular formula is C16H23N3O. The van der Waals surface area contributed by atoms with Crippen molar-refractivity contribution in [3.05, 3.63) is 30.6 Å². The van der Waals surface area contributed by atoms with Gasteiger partial charge in [-0.15, -0.1) is 0 Å². The third-order valence-electron chi connectivity index (χ3n) is 4.66. The van der Waals surface area contributed by atoms with E-state index in [0.29, 0.717) is 6.10 Å². The molecule has 3 rings (SSSR count). The SMILES string of the molecule is C=Cc1ccc(N2CCOC(C3(N(C)C)CC3)C2)cn1. The van der Waals surface area contributed by atoms with E-state index in [9.17, 15) is 0 Å². The Balaban J connectivity index is 1.73. The van der Waals surface area contributed by atoms with Crippen LogP contribution in [0.2, 0.25) is 0 Å². The summed E-state index contributed by atoms with van der Waals surface area (Å²) < 4.78 is 6.04. The molecule has 1 saturated carbocycles. The van der Waals surface area contributed by atoms with Gasteiger partial charge in [-0.3, -0.25) is 4.98 Å². The van der Waals surface area contributed by atoms with E-state index in [0.717, 1.165) is 25.4 Å². The summed E-state index contributed by atoms with van der Waals surface area (Å²) in [5.74, 6) is 0. The molecule has 1 aliphatic heterocycles. The van der Waals surface area contributed by atoms with Crippen molar-refractivity contribution in [2.24, 2.45) is 0 Å². The van der Waals surface area contributed by atoms with E-state index in [4.69, 9.17) is 4.74 Å². The molecule has 4 nitrogen and oxygen atoms in total. The lowest BCUT2D eigenvalue weighted by Crippen LogP contribution is -2.53. The number of hydrogen-bond acceptors (Lipinski definition) is 4. The van der Waals surface area contributed by atoms with Crippen LogP contribution in [0.4, 0.5) is 5.69 Å². The molecule has 1 aromatic heterocycles. The number of aromatic nitrogens is 1. The maximum atomic E-state index is 6.04. The Hall–Kier alpha value is -1.39. The highest BCUT2D eigenvalue weighted by Gasteiger charge is 2.53. The van der Waals surface area contributed by atoms with Crippen LogP contribution in [0.25, 0.3) is 6.08 Å². The first-order valence-corrected chi connectivity index (χ1v) is 7.28. The van der Waals surface area contributed by atoms with Gasteiger partial charge in [0.25, 0.3) is 0 Å². The minimum atomic E-state index is 0.257. The summed E-state index contributed by atoms with van der Waals surface area (Å²) in [6.45, 7) is 6.43. The Morgan fingerprint density at radius 2 is 2.25 bits per heavy atom. The minimum Gasteiger partial charge on any atom is -0.373 e. The Kier molecular flexibility index (Phi) is 3.52. The molecular weight excluding hydrogens is 250 g/mol. The maximum absolute atomic E-state index is 6.04. The van der Waals surface area contributed by atoms with E-state index < -0.39 is 0 Å². The van der Waals surface area contributed by atoms with Gasteiger partial charge in [-0.2, -0.15) is 0 Å². The van der Waals surface area contributed by atoms with E-state index >= 15 is 0 Å². The average Bonchev–Trinajstić information content (AvgIpc) is 3.29. The van der Waals surface area contributed by atoms with E-state index in [1.165, 1.54) is 18.5 Å². The number of morpholine rings is 1. The number of rotatable bonds is 4. The smallest absolute Gasteiger partial charge is 0.0933 e. The van der Waals surface area contributed by atoms with Crippen molar-refractivity contribution in [1.82, 2.24) is 9.88 Å². The summed E-state index contributed by atoms with van der Waals surface area (Å²) in [5.41, 5.74) is 2.36. The third-order valence-corrected chi connectivity index (χ3v) is 4.66. The van der Waals surface area contributed by atoms with E-state index in [-0.39, 0.29) is 5.54 Å². The van der Waals surface area contributed by atoms with Crippen molar-refractivity contribution < 1.29 is 4.74 Å². The highest BCUT2D eigenvalue weighted by Crippen LogP contribution is 2.45. The van der Waals surface area contributed by atoms with Crippen molar-refractivity contribution in [3.63, 3.8) is 0 Å². The van der Waals surface area contributed by atoms with Crippen LogP contribution in [0.15, 0.2) is 24.9 Å². The van der Waals surface area contributed by atoms with Crippen molar-refractivity contribution in [3.8, 4) is 0 Å². The first kappa shape index (κ1) is 13.6. The highest BCUT2D eigenvalue weighted by atomic mass is 16.5. The largest absolute Gasteiger partial charge is 0.373 e. The molecule has 0 radical (unpaired) electrons. The second-order valence-corrected chi connectivity index (χ2v) is 5.95. The third kappa shape index (κ3) is 2.34. The van der Waals surface area contributed by atoms with Gasteiger partial charge in [-0.05, 0) is 45.1 Å². The fourth-order valence-corrected chi connectivity index (χ4v) is 3.10. The second-order valence-electron chi connectivity index (χ2n) is 5.95.